The molecule has 1 aliphatic carbocycles. The highest BCUT2D eigenvalue weighted by molar-refractivity contribution is 6.31. The Labute approximate surface area is 95.3 Å². The van der Waals surface area contributed by atoms with E-state index < -0.39 is 5.60 Å². The van der Waals surface area contributed by atoms with Crippen LogP contribution in [0.15, 0.2) is 18.5 Å². The van der Waals surface area contributed by atoms with Crippen molar-refractivity contribution in [1.82, 2.24) is 4.98 Å². The van der Waals surface area contributed by atoms with Crippen LogP contribution in [0, 0.1) is 5.41 Å². The molecule has 1 unspecified atom stereocenters. The number of aliphatic hydroxyl groups is 1. The minimum atomic E-state index is -0.669. The van der Waals surface area contributed by atoms with Gasteiger partial charge < -0.3 is 5.11 Å². The normalized spacial score (nSPS) is 22.1. The van der Waals surface area contributed by atoms with Crippen molar-refractivity contribution in [3.05, 3.63) is 29.0 Å². The molecule has 15 heavy (non-hydrogen) atoms. The van der Waals surface area contributed by atoms with Crippen LogP contribution < -0.4 is 0 Å². The summed E-state index contributed by atoms with van der Waals surface area (Å²) in [6.45, 7) is 4.03. The molecule has 1 aromatic rings. The van der Waals surface area contributed by atoms with Gasteiger partial charge in [-0.05, 0) is 36.8 Å². The predicted molar refractivity (Wildman–Crippen MR) is 60.9 cm³/mol. The lowest BCUT2D eigenvalue weighted by Crippen LogP contribution is -2.36. The van der Waals surface area contributed by atoms with Gasteiger partial charge in [0.05, 0.1) is 10.6 Å². The van der Waals surface area contributed by atoms with E-state index in [1.807, 2.05) is 13.0 Å². The molecule has 3 heteroatoms. The molecular formula is C12H16ClNO. The number of halogens is 1. The average molecular weight is 226 g/mol. The number of pyridine rings is 1. The Balaban J connectivity index is 2.18. The summed E-state index contributed by atoms with van der Waals surface area (Å²) in [5.74, 6) is 0. The third kappa shape index (κ3) is 2.01. The molecule has 0 radical (unpaired) electrons. The molecule has 1 fully saturated rings. The number of aromatic nitrogens is 1. The maximum atomic E-state index is 10.4. The van der Waals surface area contributed by atoms with E-state index in [0.717, 1.165) is 18.4 Å². The molecule has 0 saturated heterocycles. The van der Waals surface area contributed by atoms with Gasteiger partial charge in [-0.2, -0.15) is 0 Å². The third-order valence-electron chi connectivity index (χ3n) is 3.69. The SMILES string of the molecule is CC(O)(Cc1ccncc1Cl)C1(C)CC1. The lowest BCUT2D eigenvalue weighted by molar-refractivity contribution is -0.00701. The number of rotatable bonds is 3. The molecule has 0 aliphatic heterocycles. The molecule has 1 aromatic heterocycles. The van der Waals surface area contributed by atoms with Crippen LogP contribution in [0.3, 0.4) is 0 Å². The first-order chi connectivity index (χ1) is 6.95. The Hall–Kier alpha value is -0.600. The van der Waals surface area contributed by atoms with Crippen LogP contribution in [0.1, 0.15) is 32.3 Å². The first-order valence-corrected chi connectivity index (χ1v) is 5.63. The molecule has 1 atom stereocenters. The highest BCUT2D eigenvalue weighted by atomic mass is 35.5. The van der Waals surface area contributed by atoms with Crippen molar-refractivity contribution in [3.8, 4) is 0 Å². The quantitative estimate of drug-likeness (QED) is 0.858. The summed E-state index contributed by atoms with van der Waals surface area (Å²) < 4.78 is 0. The molecule has 0 bridgehead atoms. The zero-order valence-corrected chi connectivity index (χ0v) is 9.88. The Morgan fingerprint density at radius 3 is 2.80 bits per heavy atom. The fraction of sp³-hybridized carbons (Fsp3) is 0.583. The first-order valence-electron chi connectivity index (χ1n) is 5.25. The van der Waals surface area contributed by atoms with Crippen LogP contribution in [0.5, 0.6) is 0 Å². The minimum Gasteiger partial charge on any atom is -0.389 e. The summed E-state index contributed by atoms with van der Waals surface area (Å²) >= 11 is 6.03. The van der Waals surface area contributed by atoms with E-state index in [1.165, 1.54) is 0 Å². The van der Waals surface area contributed by atoms with Gasteiger partial charge in [-0.1, -0.05) is 18.5 Å². The van der Waals surface area contributed by atoms with Crippen molar-refractivity contribution in [3.63, 3.8) is 0 Å². The van der Waals surface area contributed by atoms with Gasteiger partial charge in [0.2, 0.25) is 0 Å². The summed E-state index contributed by atoms with van der Waals surface area (Å²) in [5, 5.41) is 11.1. The zero-order valence-electron chi connectivity index (χ0n) is 9.13. The van der Waals surface area contributed by atoms with Gasteiger partial charge in [0.1, 0.15) is 0 Å². The second kappa shape index (κ2) is 3.46. The second-order valence-corrected chi connectivity index (χ2v) is 5.39. The molecule has 2 rings (SSSR count). The maximum absolute atomic E-state index is 10.4. The third-order valence-corrected chi connectivity index (χ3v) is 4.03. The van der Waals surface area contributed by atoms with E-state index in [2.05, 4.69) is 11.9 Å². The Kier molecular flexibility index (Phi) is 2.52. The van der Waals surface area contributed by atoms with Crippen LogP contribution in [0.2, 0.25) is 5.02 Å². The summed E-state index contributed by atoms with van der Waals surface area (Å²) in [5.41, 5.74) is 0.377. The van der Waals surface area contributed by atoms with Crippen LogP contribution in [0.4, 0.5) is 0 Å². The fourth-order valence-electron chi connectivity index (χ4n) is 1.86. The van der Waals surface area contributed by atoms with Gasteiger partial charge in [-0.3, -0.25) is 4.98 Å². The summed E-state index contributed by atoms with van der Waals surface area (Å²) in [4.78, 5) is 3.94. The van der Waals surface area contributed by atoms with E-state index in [4.69, 9.17) is 11.6 Å². The van der Waals surface area contributed by atoms with Gasteiger partial charge in [0.25, 0.3) is 0 Å². The molecule has 1 heterocycles. The van der Waals surface area contributed by atoms with Crippen LogP contribution in [-0.4, -0.2) is 15.7 Å². The van der Waals surface area contributed by atoms with E-state index in [-0.39, 0.29) is 5.41 Å². The van der Waals surface area contributed by atoms with Crippen molar-refractivity contribution < 1.29 is 5.11 Å². The molecule has 0 amide bonds. The highest BCUT2D eigenvalue weighted by Crippen LogP contribution is 2.54. The standard InChI is InChI=1S/C12H16ClNO/c1-11(4-5-11)12(2,15)7-9-3-6-14-8-10(9)13/h3,6,8,15H,4-5,7H2,1-2H3. The monoisotopic (exact) mass is 225 g/mol. The molecule has 0 spiro atoms. The van der Waals surface area contributed by atoms with E-state index in [0.29, 0.717) is 11.4 Å². The fourth-order valence-corrected chi connectivity index (χ4v) is 2.04. The highest BCUT2D eigenvalue weighted by Gasteiger charge is 2.52. The van der Waals surface area contributed by atoms with Gasteiger partial charge >= 0.3 is 0 Å². The molecule has 2 nitrogen and oxygen atoms in total. The number of hydrogen-bond acceptors (Lipinski definition) is 2. The maximum Gasteiger partial charge on any atom is 0.0713 e. The Bertz CT molecular complexity index is 372. The topological polar surface area (TPSA) is 33.1 Å². The van der Waals surface area contributed by atoms with Crippen LogP contribution in [-0.2, 0) is 6.42 Å². The number of hydrogen-bond donors (Lipinski definition) is 1. The average Bonchev–Trinajstić information content (AvgIpc) is 2.89. The van der Waals surface area contributed by atoms with Gasteiger partial charge in [0.15, 0.2) is 0 Å². The summed E-state index contributed by atoms with van der Waals surface area (Å²) in [6.07, 6.45) is 6.14. The summed E-state index contributed by atoms with van der Waals surface area (Å²) in [6, 6.07) is 1.88. The van der Waals surface area contributed by atoms with Gasteiger partial charge in [0, 0.05) is 18.8 Å². The minimum absolute atomic E-state index is 0.0690. The van der Waals surface area contributed by atoms with E-state index >= 15 is 0 Å². The Morgan fingerprint density at radius 2 is 2.27 bits per heavy atom. The molecule has 1 aliphatic rings. The van der Waals surface area contributed by atoms with Gasteiger partial charge in [-0.15, -0.1) is 0 Å². The van der Waals surface area contributed by atoms with Crippen molar-refractivity contribution >= 4 is 11.6 Å². The molecule has 82 valence electrons. The smallest absolute Gasteiger partial charge is 0.0713 e. The molecule has 1 saturated carbocycles. The first kappa shape index (κ1) is 10.9. The molecule has 0 aromatic carbocycles. The lowest BCUT2D eigenvalue weighted by Gasteiger charge is -2.30. The number of nitrogens with zero attached hydrogens (tertiary/aromatic N) is 1. The largest absolute Gasteiger partial charge is 0.389 e. The molecule has 1 N–H and O–H groups in total. The molecular weight excluding hydrogens is 210 g/mol. The van der Waals surface area contributed by atoms with E-state index in [9.17, 15) is 5.11 Å². The van der Waals surface area contributed by atoms with Crippen LogP contribution in [0.25, 0.3) is 0 Å². The Morgan fingerprint density at radius 1 is 1.60 bits per heavy atom. The van der Waals surface area contributed by atoms with Crippen molar-refractivity contribution in [1.29, 1.82) is 0 Å². The summed E-state index contributed by atoms with van der Waals surface area (Å²) in [7, 11) is 0. The van der Waals surface area contributed by atoms with Crippen LogP contribution >= 0.6 is 11.6 Å². The van der Waals surface area contributed by atoms with Crippen molar-refractivity contribution in [2.75, 3.05) is 0 Å². The second-order valence-electron chi connectivity index (χ2n) is 4.98. The zero-order chi connectivity index (χ0) is 11.1. The lowest BCUT2D eigenvalue weighted by atomic mass is 9.82. The predicted octanol–water partition coefficient (Wildman–Crippen LogP) is 2.83. The van der Waals surface area contributed by atoms with E-state index in [1.54, 1.807) is 12.4 Å². The van der Waals surface area contributed by atoms with Crippen molar-refractivity contribution in [2.24, 2.45) is 5.41 Å². The van der Waals surface area contributed by atoms with Crippen molar-refractivity contribution in [2.45, 2.75) is 38.7 Å². The van der Waals surface area contributed by atoms with Gasteiger partial charge in [-0.25, -0.2) is 0 Å².